The molecule has 9 nitrogen and oxygen atoms in total. The highest BCUT2D eigenvalue weighted by molar-refractivity contribution is 7.13. The Morgan fingerprint density at radius 2 is 1.93 bits per heavy atom. The van der Waals surface area contributed by atoms with E-state index in [1.807, 2.05) is 4.90 Å². The van der Waals surface area contributed by atoms with Gasteiger partial charge in [0.05, 0.1) is 0 Å². The van der Waals surface area contributed by atoms with Crippen molar-refractivity contribution in [3.05, 3.63) is 29.5 Å². The molecule has 1 fully saturated rings. The highest BCUT2D eigenvalue weighted by Crippen LogP contribution is 2.17. The molecule has 3 heterocycles. The second-order valence-electron chi connectivity index (χ2n) is 7.14. The summed E-state index contributed by atoms with van der Waals surface area (Å²) in [6.45, 7) is 7.18. The molecule has 1 aliphatic rings. The van der Waals surface area contributed by atoms with Crippen molar-refractivity contribution in [2.75, 3.05) is 49.5 Å². The molecule has 29 heavy (non-hydrogen) atoms. The second kappa shape index (κ2) is 10.1. The van der Waals surface area contributed by atoms with Gasteiger partial charge >= 0.3 is 5.97 Å². The Hall–Kier alpha value is -2.75. The summed E-state index contributed by atoms with van der Waals surface area (Å²) >= 11 is 1.35. The third-order valence-corrected chi connectivity index (χ3v) is 5.31. The summed E-state index contributed by atoms with van der Waals surface area (Å²) in [5, 5.41) is 5.52. The number of rotatable bonds is 8. The number of hydrogen-bond donors (Lipinski definition) is 1. The van der Waals surface area contributed by atoms with E-state index in [0.29, 0.717) is 43.2 Å². The fourth-order valence-electron chi connectivity index (χ4n) is 2.82. The van der Waals surface area contributed by atoms with Crippen molar-refractivity contribution >= 4 is 34.3 Å². The van der Waals surface area contributed by atoms with Gasteiger partial charge in [-0.05, 0) is 18.4 Å². The van der Waals surface area contributed by atoms with Gasteiger partial charge in [0.15, 0.2) is 17.4 Å². The predicted octanol–water partition coefficient (Wildman–Crippen LogP) is 1.90. The Morgan fingerprint density at radius 1 is 1.21 bits per heavy atom. The van der Waals surface area contributed by atoms with Crippen LogP contribution in [-0.4, -0.2) is 71.1 Å². The zero-order chi connectivity index (χ0) is 20.6. The lowest BCUT2D eigenvalue weighted by Crippen LogP contribution is -2.50. The van der Waals surface area contributed by atoms with Crippen molar-refractivity contribution in [1.82, 2.24) is 19.9 Å². The van der Waals surface area contributed by atoms with E-state index in [2.05, 4.69) is 34.1 Å². The first-order valence-corrected chi connectivity index (χ1v) is 10.6. The van der Waals surface area contributed by atoms with E-state index in [1.54, 1.807) is 28.7 Å². The van der Waals surface area contributed by atoms with Crippen molar-refractivity contribution in [2.45, 2.75) is 20.3 Å². The molecule has 1 saturated heterocycles. The minimum atomic E-state index is -0.581. The summed E-state index contributed by atoms with van der Waals surface area (Å²) in [7, 11) is 0. The number of amides is 1. The van der Waals surface area contributed by atoms with Crippen LogP contribution in [0, 0.1) is 5.92 Å². The van der Waals surface area contributed by atoms with Crippen LogP contribution in [0.4, 0.5) is 11.1 Å². The summed E-state index contributed by atoms with van der Waals surface area (Å²) in [5.74, 6) is 0.465. The number of ether oxygens (including phenoxy) is 1. The second-order valence-corrected chi connectivity index (χ2v) is 8.00. The summed E-state index contributed by atoms with van der Waals surface area (Å²) in [6, 6.07) is 1.77. The smallest absolute Gasteiger partial charge is 0.358 e. The molecular weight excluding hydrogens is 392 g/mol. The molecule has 1 amide bonds. The first-order valence-electron chi connectivity index (χ1n) is 9.69. The third-order valence-electron chi connectivity index (χ3n) is 4.51. The van der Waals surface area contributed by atoms with Crippen molar-refractivity contribution < 1.29 is 14.3 Å². The van der Waals surface area contributed by atoms with Crippen LogP contribution < -0.4 is 10.2 Å². The fraction of sp³-hybridized carbons (Fsp3) is 0.526. The standard InChI is InChI=1S/C19H26N6O3S/c1-14(2)4-7-22-19-23-15(13-29-19)17(27)28-12-16(26)24-8-10-25(11-9-24)18-20-5-3-6-21-18/h3,5-6,13-14H,4,7-12H2,1-2H3,(H,22,23). The lowest BCUT2D eigenvalue weighted by atomic mass is 10.1. The molecule has 1 aliphatic heterocycles. The highest BCUT2D eigenvalue weighted by atomic mass is 32.1. The number of thiazole rings is 1. The van der Waals surface area contributed by atoms with Crippen LogP contribution in [0.25, 0.3) is 0 Å². The Balaban J connectivity index is 1.40. The molecule has 0 aromatic carbocycles. The van der Waals surface area contributed by atoms with Crippen LogP contribution in [0.15, 0.2) is 23.8 Å². The molecule has 0 unspecified atom stereocenters. The van der Waals surface area contributed by atoms with E-state index in [-0.39, 0.29) is 18.2 Å². The minimum Gasteiger partial charge on any atom is -0.451 e. The molecule has 3 rings (SSSR count). The number of aromatic nitrogens is 3. The van der Waals surface area contributed by atoms with Gasteiger partial charge in [0.2, 0.25) is 5.95 Å². The minimum absolute atomic E-state index is 0.211. The lowest BCUT2D eigenvalue weighted by molar-refractivity contribution is -0.134. The molecular formula is C19H26N6O3S. The first kappa shape index (κ1) is 21.0. The Kier molecular flexibility index (Phi) is 7.34. The van der Waals surface area contributed by atoms with Gasteiger partial charge in [0.1, 0.15) is 0 Å². The van der Waals surface area contributed by atoms with E-state index in [4.69, 9.17) is 4.74 Å². The molecule has 0 atom stereocenters. The van der Waals surface area contributed by atoms with Gasteiger partial charge in [-0.2, -0.15) is 0 Å². The number of hydrogen-bond acceptors (Lipinski definition) is 9. The maximum absolute atomic E-state index is 12.4. The summed E-state index contributed by atoms with van der Waals surface area (Å²) in [6.07, 6.45) is 4.42. The van der Waals surface area contributed by atoms with Gasteiger partial charge in [-0.1, -0.05) is 13.8 Å². The van der Waals surface area contributed by atoms with E-state index >= 15 is 0 Å². The SMILES string of the molecule is CC(C)CCNc1nc(C(=O)OCC(=O)N2CCN(c3ncccn3)CC2)cs1. The topological polar surface area (TPSA) is 101 Å². The number of nitrogens with one attached hydrogen (secondary N) is 1. The van der Waals surface area contributed by atoms with Crippen LogP contribution in [-0.2, 0) is 9.53 Å². The lowest BCUT2D eigenvalue weighted by Gasteiger charge is -2.34. The monoisotopic (exact) mass is 418 g/mol. The fourth-order valence-corrected chi connectivity index (χ4v) is 3.53. The van der Waals surface area contributed by atoms with E-state index < -0.39 is 5.97 Å². The van der Waals surface area contributed by atoms with Crippen LogP contribution in [0.5, 0.6) is 0 Å². The highest BCUT2D eigenvalue weighted by Gasteiger charge is 2.23. The Bertz CT molecular complexity index is 805. The Morgan fingerprint density at radius 3 is 2.62 bits per heavy atom. The molecule has 2 aromatic rings. The van der Waals surface area contributed by atoms with Gasteiger partial charge in [0.25, 0.3) is 5.91 Å². The van der Waals surface area contributed by atoms with Crippen molar-refractivity contribution in [3.8, 4) is 0 Å². The number of carbonyl (C=O) groups excluding carboxylic acids is 2. The predicted molar refractivity (Wildman–Crippen MR) is 111 cm³/mol. The van der Waals surface area contributed by atoms with Crippen LogP contribution in [0.1, 0.15) is 30.8 Å². The summed E-state index contributed by atoms with van der Waals surface area (Å²) in [4.78, 5) is 40.9. The van der Waals surface area contributed by atoms with Gasteiger partial charge in [-0.25, -0.2) is 19.7 Å². The molecule has 0 aliphatic carbocycles. The van der Waals surface area contributed by atoms with Gasteiger partial charge < -0.3 is 19.9 Å². The van der Waals surface area contributed by atoms with Gasteiger partial charge in [0, 0.05) is 50.5 Å². The van der Waals surface area contributed by atoms with E-state index in [1.165, 1.54) is 11.3 Å². The normalized spacial score (nSPS) is 14.2. The average molecular weight is 419 g/mol. The number of nitrogens with zero attached hydrogens (tertiary/aromatic N) is 5. The first-order chi connectivity index (χ1) is 14.0. The summed E-state index contributed by atoms with van der Waals surface area (Å²) < 4.78 is 5.16. The number of carbonyl (C=O) groups is 2. The Labute approximate surface area is 174 Å². The molecule has 10 heteroatoms. The molecule has 2 aromatic heterocycles. The molecule has 156 valence electrons. The van der Waals surface area contributed by atoms with Crippen molar-refractivity contribution in [3.63, 3.8) is 0 Å². The number of piperazine rings is 1. The van der Waals surface area contributed by atoms with Crippen LogP contribution in [0.2, 0.25) is 0 Å². The molecule has 0 saturated carbocycles. The van der Waals surface area contributed by atoms with Crippen molar-refractivity contribution in [1.29, 1.82) is 0 Å². The third kappa shape index (κ3) is 6.11. The van der Waals surface area contributed by atoms with Crippen LogP contribution in [0.3, 0.4) is 0 Å². The van der Waals surface area contributed by atoms with E-state index in [0.717, 1.165) is 13.0 Å². The molecule has 0 bridgehead atoms. The van der Waals surface area contributed by atoms with E-state index in [9.17, 15) is 9.59 Å². The maximum Gasteiger partial charge on any atom is 0.358 e. The van der Waals surface area contributed by atoms with Gasteiger partial charge in [-0.3, -0.25) is 4.79 Å². The molecule has 1 N–H and O–H groups in total. The molecule has 0 spiro atoms. The quantitative estimate of drug-likeness (QED) is 0.649. The van der Waals surface area contributed by atoms with Crippen LogP contribution >= 0.6 is 11.3 Å². The zero-order valence-electron chi connectivity index (χ0n) is 16.7. The number of anilines is 2. The zero-order valence-corrected chi connectivity index (χ0v) is 17.5. The largest absolute Gasteiger partial charge is 0.451 e. The van der Waals surface area contributed by atoms with Crippen molar-refractivity contribution in [2.24, 2.45) is 5.92 Å². The average Bonchev–Trinajstić information content (AvgIpc) is 3.21. The number of esters is 1. The van der Waals surface area contributed by atoms with Gasteiger partial charge in [-0.15, -0.1) is 11.3 Å². The molecule has 0 radical (unpaired) electrons. The maximum atomic E-state index is 12.4. The summed E-state index contributed by atoms with van der Waals surface area (Å²) in [5.41, 5.74) is 0.223.